The Morgan fingerprint density at radius 3 is 1.74 bits per heavy atom. The van der Waals surface area contributed by atoms with Gasteiger partial charge in [0.1, 0.15) is 17.2 Å². The second-order valence-electron chi connectivity index (χ2n) is 8.14. The summed E-state index contributed by atoms with van der Waals surface area (Å²) in [4.78, 5) is 0. The molecule has 0 amide bonds. The highest BCUT2D eigenvalue weighted by atomic mass is 16.3. The zero-order valence-electron chi connectivity index (χ0n) is 17.9. The molecule has 3 heteroatoms. The molecular weight excluding hydrogens is 384 g/mol. The highest BCUT2D eigenvalue weighted by molar-refractivity contribution is 5.81. The second-order valence-corrected chi connectivity index (χ2v) is 8.14. The Balaban J connectivity index is 2.01. The number of hydrogen-bond donors (Lipinski definition) is 3. The maximum atomic E-state index is 9.92. The minimum Gasteiger partial charge on any atom is -0.508 e. The Morgan fingerprint density at radius 2 is 1.23 bits per heavy atom. The van der Waals surface area contributed by atoms with Gasteiger partial charge in [0.2, 0.25) is 0 Å². The molecule has 3 aromatic carbocycles. The zero-order valence-corrected chi connectivity index (χ0v) is 17.9. The van der Waals surface area contributed by atoms with E-state index in [1.165, 1.54) is 11.1 Å². The quantitative estimate of drug-likeness (QED) is 0.439. The van der Waals surface area contributed by atoms with Gasteiger partial charge in [0.05, 0.1) is 0 Å². The van der Waals surface area contributed by atoms with E-state index in [0.29, 0.717) is 0 Å². The maximum Gasteiger partial charge on any atom is 0.115 e. The molecule has 3 aromatic rings. The largest absolute Gasteiger partial charge is 0.508 e. The van der Waals surface area contributed by atoms with Gasteiger partial charge in [-0.05, 0) is 77.1 Å². The fourth-order valence-corrected chi connectivity index (χ4v) is 4.87. The van der Waals surface area contributed by atoms with Crippen molar-refractivity contribution in [2.24, 2.45) is 0 Å². The molecule has 1 aliphatic carbocycles. The van der Waals surface area contributed by atoms with Crippen molar-refractivity contribution in [3.63, 3.8) is 0 Å². The first kappa shape index (κ1) is 20.8. The van der Waals surface area contributed by atoms with Crippen LogP contribution in [0.15, 0.2) is 90.5 Å². The minimum atomic E-state index is -0.323. The molecule has 0 spiro atoms. The number of benzene rings is 3. The van der Waals surface area contributed by atoms with Crippen LogP contribution in [-0.2, 0) is 5.41 Å². The minimum absolute atomic E-state index is 0.00661. The summed E-state index contributed by atoms with van der Waals surface area (Å²) in [5.41, 5.74) is 5.49. The molecule has 2 unspecified atom stereocenters. The van der Waals surface area contributed by atoms with Crippen LogP contribution < -0.4 is 0 Å². The first-order valence-electron chi connectivity index (χ1n) is 10.8. The Bertz CT molecular complexity index is 1110. The molecule has 2 atom stereocenters. The van der Waals surface area contributed by atoms with Crippen molar-refractivity contribution >= 4 is 5.57 Å². The van der Waals surface area contributed by atoms with Crippen LogP contribution in [0.4, 0.5) is 0 Å². The molecule has 158 valence electrons. The number of hydrogen-bond acceptors (Lipinski definition) is 3. The average molecular weight is 413 g/mol. The number of aromatic hydroxyl groups is 3. The van der Waals surface area contributed by atoms with Crippen LogP contribution in [-0.4, -0.2) is 15.3 Å². The van der Waals surface area contributed by atoms with Crippen molar-refractivity contribution in [1.29, 1.82) is 0 Å². The summed E-state index contributed by atoms with van der Waals surface area (Å²) < 4.78 is 0. The van der Waals surface area contributed by atoms with E-state index in [9.17, 15) is 15.3 Å². The molecule has 0 bridgehead atoms. The van der Waals surface area contributed by atoms with Crippen molar-refractivity contribution in [3.8, 4) is 17.2 Å². The third kappa shape index (κ3) is 3.72. The van der Waals surface area contributed by atoms with Gasteiger partial charge in [-0.2, -0.15) is 0 Å². The number of phenolic OH excluding ortho intramolecular Hbond substituents is 3. The average Bonchev–Trinajstić information content (AvgIpc) is 2.80. The summed E-state index contributed by atoms with van der Waals surface area (Å²) in [5, 5.41) is 29.7. The van der Waals surface area contributed by atoms with Gasteiger partial charge in [0.15, 0.2) is 0 Å². The first-order valence-corrected chi connectivity index (χ1v) is 10.8. The van der Waals surface area contributed by atoms with Gasteiger partial charge in [-0.3, -0.25) is 0 Å². The smallest absolute Gasteiger partial charge is 0.115 e. The fraction of sp³-hybridized carbons (Fsp3) is 0.214. The van der Waals surface area contributed by atoms with Gasteiger partial charge >= 0.3 is 0 Å². The molecule has 31 heavy (non-hydrogen) atoms. The highest BCUT2D eigenvalue weighted by Gasteiger charge is 2.43. The van der Waals surface area contributed by atoms with Gasteiger partial charge in [-0.25, -0.2) is 0 Å². The van der Waals surface area contributed by atoms with Gasteiger partial charge in [0, 0.05) is 11.3 Å². The third-order valence-corrected chi connectivity index (χ3v) is 6.51. The van der Waals surface area contributed by atoms with Crippen LogP contribution in [0.5, 0.6) is 17.2 Å². The SMILES string of the molecule is CCC1=C(c2ccc(O)cc2)C(c2ccc(O)cc2)C(CC)(c2ccc(O)cc2)C=C1. The van der Waals surface area contributed by atoms with Gasteiger partial charge in [-0.1, -0.05) is 62.4 Å². The first-order chi connectivity index (χ1) is 15.0. The van der Waals surface area contributed by atoms with Crippen LogP contribution in [0.1, 0.15) is 49.3 Å². The standard InChI is InChI=1S/C28H28O3/c1-3-19-17-18-28(4-2,22-9-15-25(31)16-10-22)27(21-7-13-24(30)14-8-21)26(19)20-5-11-23(29)12-6-20/h5-18,27,29-31H,3-4H2,1-2H3. The highest BCUT2D eigenvalue weighted by Crippen LogP contribution is 2.54. The van der Waals surface area contributed by atoms with E-state index in [1.54, 1.807) is 36.4 Å². The monoisotopic (exact) mass is 412 g/mol. The van der Waals surface area contributed by atoms with E-state index in [-0.39, 0.29) is 28.6 Å². The van der Waals surface area contributed by atoms with Gasteiger partial charge in [0.25, 0.3) is 0 Å². The predicted molar refractivity (Wildman–Crippen MR) is 125 cm³/mol. The van der Waals surface area contributed by atoms with E-state index >= 15 is 0 Å². The Morgan fingerprint density at radius 1 is 0.710 bits per heavy atom. The lowest BCUT2D eigenvalue weighted by molar-refractivity contribution is 0.456. The molecule has 0 radical (unpaired) electrons. The second kappa shape index (κ2) is 8.35. The molecule has 0 saturated carbocycles. The Labute approximate surface area is 183 Å². The van der Waals surface area contributed by atoms with E-state index in [2.05, 4.69) is 26.0 Å². The van der Waals surface area contributed by atoms with Crippen molar-refractivity contribution < 1.29 is 15.3 Å². The number of phenols is 3. The van der Waals surface area contributed by atoms with Crippen LogP contribution in [0.3, 0.4) is 0 Å². The summed E-state index contributed by atoms with van der Waals surface area (Å²) in [6.07, 6.45) is 6.28. The van der Waals surface area contributed by atoms with Gasteiger partial charge in [-0.15, -0.1) is 0 Å². The van der Waals surface area contributed by atoms with Crippen molar-refractivity contribution in [2.75, 3.05) is 0 Å². The fourth-order valence-electron chi connectivity index (χ4n) is 4.87. The number of rotatable bonds is 5. The normalized spacial score (nSPS) is 20.8. The van der Waals surface area contributed by atoms with Gasteiger partial charge < -0.3 is 15.3 Å². The van der Waals surface area contributed by atoms with Crippen LogP contribution >= 0.6 is 0 Å². The summed E-state index contributed by atoms with van der Waals surface area (Å²) in [5.74, 6) is 0.745. The molecule has 3 nitrogen and oxygen atoms in total. The molecule has 0 saturated heterocycles. The lowest BCUT2D eigenvalue weighted by Gasteiger charge is -2.44. The molecular formula is C28H28O3. The lowest BCUT2D eigenvalue weighted by Crippen LogP contribution is -2.34. The predicted octanol–water partition coefficient (Wildman–Crippen LogP) is 6.67. The topological polar surface area (TPSA) is 60.7 Å². The molecule has 0 aliphatic heterocycles. The zero-order chi connectivity index (χ0) is 22.0. The van der Waals surface area contributed by atoms with Crippen molar-refractivity contribution in [1.82, 2.24) is 0 Å². The summed E-state index contributed by atoms with van der Waals surface area (Å²) in [6, 6.07) is 22.4. The van der Waals surface area contributed by atoms with Crippen molar-refractivity contribution in [3.05, 3.63) is 107 Å². The Kier molecular flexibility index (Phi) is 5.60. The summed E-state index contributed by atoms with van der Waals surface area (Å²) in [7, 11) is 0. The molecule has 1 aliphatic rings. The van der Waals surface area contributed by atoms with E-state index in [0.717, 1.165) is 29.5 Å². The number of allylic oxidation sites excluding steroid dienone is 4. The molecule has 4 rings (SSSR count). The lowest BCUT2D eigenvalue weighted by atomic mass is 9.59. The molecule has 0 fully saturated rings. The van der Waals surface area contributed by atoms with E-state index < -0.39 is 0 Å². The molecule has 3 N–H and O–H groups in total. The van der Waals surface area contributed by atoms with Crippen LogP contribution in [0, 0.1) is 0 Å². The van der Waals surface area contributed by atoms with Crippen molar-refractivity contribution in [2.45, 2.75) is 38.0 Å². The third-order valence-electron chi connectivity index (χ3n) is 6.51. The Hall–Kier alpha value is -3.46. The molecule has 0 heterocycles. The maximum absolute atomic E-state index is 9.92. The van der Waals surface area contributed by atoms with Crippen LogP contribution in [0.2, 0.25) is 0 Å². The van der Waals surface area contributed by atoms with E-state index in [1.807, 2.05) is 36.4 Å². The summed E-state index contributed by atoms with van der Waals surface area (Å²) in [6.45, 7) is 4.35. The molecule has 0 aromatic heterocycles. The summed E-state index contributed by atoms with van der Waals surface area (Å²) >= 11 is 0. The van der Waals surface area contributed by atoms with Crippen LogP contribution in [0.25, 0.3) is 5.57 Å². The van der Waals surface area contributed by atoms with E-state index in [4.69, 9.17) is 0 Å².